The van der Waals surface area contributed by atoms with Crippen LogP contribution in [0, 0.1) is 6.92 Å². The monoisotopic (exact) mass is 310 g/mol. The van der Waals surface area contributed by atoms with E-state index in [0.29, 0.717) is 0 Å². The van der Waals surface area contributed by atoms with Gasteiger partial charge in [0, 0.05) is 22.6 Å². The van der Waals surface area contributed by atoms with E-state index in [1.54, 1.807) is 0 Å². The van der Waals surface area contributed by atoms with Crippen molar-refractivity contribution in [2.24, 2.45) is 0 Å². The molecule has 1 heterocycles. The van der Waals surface area contributed by atoms with E-state index in [1.807, 2.05) is 25.1 Å². The molecule has 98 valence electrons. The summed E-state index contributed by atoms with van der Waals surface area (Å²) in [6.07, 6.45) is 3.43. The molecule has 2 N–H and O–H groups in total. The Morgan fingerprint density at radius 3 is 3.06 bits per heavy atom. The molecule has 0 aromatic heterocycles. The predicted molar refractivity (Wildman–Crippen MR) is 76.9 cm³/mol. The highest BCUT2D eigenvalue weighted by Gasteiger charge is 2.15. The van der Waals surface area contributed by atoms with Gasteiger partial charge in [0.05, 0.1) is 0 Å². The molecule has 1 aliphatic heterocycles. The van der Waals surface area contributed by atoms with Crippen LogP contribution in [-0.4, -0.2) is 25.0 Å². The van der Waals surface area contributed by atoms with Crippen LogP contribution in [0.5, 0.6) is 0 Å². The maximum atomic E-state index is 12.1. The summed E-state index contributed by atoms with van der Waals surface area (Å²) in [5.74, 6) is 0.0180. The largest absolute Gasteiger partial charge is 0.348 e. The van der Waals surface area contributed by atoms with Crippen LogP contribution in [0.4, 0.5) is 0 Å². The van der Waals surface area contributed by atoms with Gasteiger partial charge in [-0.1, -0.05) is 28.4 Å². The number of aryl methyl sites for hydroxylation is 1. The van der Waals surface area contributed by atoms with E-state index in [4.69, 9.17) is 0 Å². The number of rotatable bonds is 2. The Morgan fingerprint density at radius 2 is 2.28 bits per heavy atom. The lowest BCUT2D eigenvalue weighted by Crippen LogP contribution is -2.40. The first-order valence-corrected chi connectivity index (χ1v) is 7.24. The van der Waals surface area contributed by atoms with E-state index in [-0.39, 0.29) is 11.9 Å². The molecule has 1 saturated heterocycles. The maximum Gasteiger partial charge on any atom is 0.251 e. The predicted octanol–water partition coefficient (Wildman–Crippen LogP) is 2.63. The van der Waals surface area contributed by atoms with Crippen LogP contribution in [0.3, 0.4) is 0 Å². The SMILES string of the molecule is Cc1ccc(C(=O)NC2CCCCNC2)cc1Br. The molecule has 1 aliphatic rings. The van der Waals surface area contributed by atoms with Crippen molar-refractivity contribution < 1.29 is 4.79 Å². The van der Waals surface area contributed by atoms with Gasteiger partial charge in [0.25, 0.3) is 5.91 Å². The van der Waals surface area contributed by atoms with Crippen LogP contribution in [0.1, 0.15) is 35.2 Å². The van der Waals surface area contributed by atoms with E-state index in [0.717, 1.165) is 35.1 Å². The molecule has 1 unspecified atom stereocenters. The minimum Gasteiger partial charge on any atom is -0.348 e. The summed E-state index contributed by atoms with van der Waals surface area (Å²) in [6, 6.07) is 5.97. The molecule has 1 atom stereocenters. The molecular weight excluding hydrogens is 292 g/mol. The van der Waals surface area contributed by atoms with E-state index in [1.165, 1.54) is 12.8 Å². The van der Waals surface area contributed by atoms with Crippen molar-refractivity contribution >= 4 is 21.8 Å². The average Bonchev–Trinajstić information content (AvgIpc) is 2.61. The van der Waals surface area contributed by atoms with Crippen LogP contribution < -0.4 is 10.6 Å². The first kappa shape index (κ1) is 13.6. The molecule has 18 heavy (non-hydrogen) atoms. The van der Waals surface area contributed by atoms with Crippen LogP contribution in [-0.2, 0) is 0 Å². The van der Waals surface area contributed by atoms with E-state index >= 15 is 0 Å². The number of amides is 1. The van der Waals surface area contributed by atoms with Gasteiger partial charge in [-0.3, -0.25) is 4.79 Å². The third-order valence-electron chi connectivity index (χ3n) is 3.32. The molecule has 1 aromatic rings. The summed E-state index contributed by atoms with van der Waals surface area (Å²) in [6.45, 7) is 3.95. The fraction of sp³-hybridized carbons (Fsp3) is 0.500. The minimum absolute atomic E-state index is 0.0180. The van der Waals surface area contributed by atoms with Gasteiger partial charge < -0.3 is 10.6 Å². The summed E-state index contributed by atoms with van der Waals surface area (Å²) in [5.41, 5.74) is 1.86. The zero-order valence-electron chi connectivity index (χ0n) is 10.6. The smallest absolute Gasteiger partial charge is 0.251 e. The molecule has 4 heteroatoms. The van der Waals surface area contributed by atoms with Crippen molar-refractivity contribution in [3.63, 3.8) is 0 Å². The average molecular weight is 311 g/mol. The molecule has 3 nitrogen and oxygen atoms in total. The van der Waals surface area contributed by atoms with Crippen molar-refractivity contribution in [2.75, 3.05) is 13.1 Å². The Kier molecular flexibility index (Phi) is 4.78. The molecule has 1 aromatic carbocycles. The molecule has 1 amide bonds. The number of benzene rings is 1. The highest BCUT2D eigenvalue weighted by atomic mass is 79.9. The molecule has 0 aliphatic carbocycles. The van der Waals surface area contributed by atoms with Gasteiger partial charge in [-0.25, -0.2) is 0 Å². The summed E-state index contributed by atoms with van der Waals surface area (Å²) in [5, 5.41) is 6.45. The molecule has 1 fully saturated rings. The summed E-state index contributed by atoms with van der Waals surface area (Å²) >= 11 is 3.46. The first-order valence-electron chi connectivity index (χ1n) is 6.44. The van der Waals surface area contributed by atoms with E-state index in [2.05, 4.69) is 26.6 Å². The Hall–Kier alpha value is -0.870. The lowest BCUT2D eigenvalue weighted by atomic mass is 10.1. The second-order valence-electron chi connectivity index (χ2n) is 4.83. The lowest BCUT2D eigenvalue weighted by molar-refractivity contribution is 0.0935. The lowest BCUT2D eigenvalue weighted by Gasteiger charge is -2.16. The standard InChI is InChI=1S/C14H19BrN2O/c1-10-5-6-11(8-13(10)15)14(18)17-12-4-2-3-7-16-9-12/h5-6,8,12,16H,2-4,7,9H2,1H3,(H,17,18). The minimum atomic E-state index is 0.0180. The topological polar surface area (TPSA) is 41.1 Å². The second-order valence-corrected chi connectivity index (χ2v) is 5.69. The third kappa shape index (κ3) is 3.56. The van der Waals surface area contributed by atoms with Gasteiger partial charge in [0.15, 0.2) is 0 Å². The summed E-state index contributed by atoms with van der Waals surface area (Å²) < 4.78 is 0.981. The molecule has 0 spiro atoms. The first-order chi connectivity index (χ1) is 8.66. The normalized spacial score (nSPS) is 20.2. The summed E-state index contributed by atoms with van der Waals surface area (Å²) in [4.78, 5) is 12.1. The van der Waals surface area contributed by atoms with Gasteiger partial charge in [-0.2, -0.15) is 0 Å². The van der Waals surface area contributed by atoms with Crippen molar-refractivity contribution in [2.45, 2.75) is 32.2 Å². The molecule has 0 bridgehead atoms. The van der Waals surface area contributed by atoms with Crippen LogP contribution in [0.2, 0.25) is 0 Å². The van der Waals surface area contributed by atoms with E-state index < -0.39 is 0 Å². The van der Waals surface area contributed by atoms with Crippen molar-refractivity contribution in [1.82, 2.24) is 10.6 Å². The van der Waals surface area contributed by atoms with Crippen LogP contribution in [0.25, 0.3) is 0 Å². The number of hydrogen-bond acceptors (Lipinski definition) is 2. The van der Waals surface area contributed by atoms with Gasteiger partial charge in [0.1, 0.15) is 0 Å². The zero-order chi connectivity index (χ0) is 13.0. The number of halogens is 1. The van der Waals surface area contributed by atoms with Gasteiger partial charge in [-0.05, 0) is 44.0 Å². The van der Waals surface area contributed by atoms with E-state index in [9.17, 15) is 4.79 Å². The molecule has 0 saturated carbocycles. The third-order valence-corrected chi connectivity index (χ3v) is 4.17. The summed E-state index contributed by atoms with van der Waals surface area (Å²) in [7, 11) is 0. The van der Waals surface area contributed by atoms with Crippen molar-refractivity contribution in [3.05, 3.63) is 33.8 Å². The molecule has 0 radical (unpaired) electrons. The zero-order valence-corrected chi connectivity index (χ0v) is 12.2. The Labute approximate surface area is 116 Å². The maximum absolute atomic E-state index is 12.1. The molecule has 2 rings (SSSR count). The Bertz CT molecular complexity index is 426. The number of carbonyl (C=O) groups excluding carboxylic acids is 1. The second kappa shape index (κ2) is 6.34. The van der Waals surface area contributed by atoms with Gasteiger partial charge in [0.2, 0.25) is 0 Å². The Balaban J connectivity index is 1.99. The fourth-order valence-corrected chi connectivity index (χ4v) is 2.52. The van der Waals surface area contributed by atoms with Crippen LogP contribution >= 0.6 is 15.9 Å². The quantitative estimate of drug-likeness (QED) is 0.881. The number of nitrogens with one attached hydrogen (secondary N) is 2. The van der Waals surface area contributed by atoms with Crippen LogP contribution in [0.15, 0.2) is 22.7 Å². The number of carbonyl (C=O) groups is 1. The number of hydrogen-bond donors (Lipinski definition) is 2. The fourth-order valence-electron chi connectivity index (χ4n) is 2.15. The van der Waals surface area contributed by atoms with Crippen molar-refractivity contribution in [1.29, 1.82) is 0 Å². The highest BCUT2D eigenvalue weighted by molar-refractivity contribution is 9.10. The Morgan fingerprint density at radius 1 is 1.44 bits per heavy atom. The molecular formula is C14H19BrN2O. The highest BCUT2D eigenvalue weighted by Crippen LogP contribution is 2.17. The van der Waals surface area contributed by atoms with Gasteiger partial charge >= 0.3 is 0 Å². The van der Waals surface area contributed by atoms with Gasteiger partial charge in [-0.15, -0.1) is 0 Å². The van der Waals surface area contributed by atoms with Crippen molar-refractivity contribution in [3.8, 4) is 0 Å².